The number of furan rings is 1. The molecule has 0 fully saturated rings. The molecule has 0 spiro atoms. The first kappa shape index (κ1) is 25.6. The maximum atomic E-state index is 8.72. The Balaban J connectivity index is 1.18. The Kier molecular flexibility index (Phi) is 5.79. The molecule has 0 saturated carbocycles. The summed E-state index contributed by atoms with van der Waals surface area (Å²) in [5, 5.41) is 8.41. The van der Waals surface area contributed by atoms with Crippen LogP contribution in [-0.4, -0.2) is 0 Å². The summed E-state index contributed by atoms with van der Waals surface area (Å²) in [5.41, 5.74) is 10.5. The number of rotatable bonds is 4. The summed E-state index contributed by atoms with van der Waals surface area (Å²) in [4.78, 5) is 0. The number of benzene rings is 9. The molecule has 1 nitrogen and oxygen atoms in total. The van der Waals surface area contributed by atoms with Crippen molar-refractivity contribution in [1.29, 1.82) is 0 Å². The van der Waals surface area contributed by atoms with Gasteiger partial charge in [-0.3, -0.25) is 0 Å². The third-order valence-corrected chi connectivity index (χ3v) is 9.89. The van der Waals surface area contributed by atoms with Gasteiger partial charge in [0.15, 0.2) is 0 Å². The van der Waals surface area contributed by atoms with Gasteiger partial charge in [-0.05, 0) is 101 Å². The van der Waals surface area contributed by atoms with Gasteiger partial charge in [-0.2, -0.15) is 0 Å². The summed E-state index contributed by atoms with van der Waals surface area (Å²) in [6, 6.07) is 60.2. The molecule has 0 amide bonds. The summed E-state index contributed by atoms with van der Waals surface area (Å²) in [5.74, 6) is 0. The predicted octanol–water partition coefficient (Wildman–Crippen LogP) is 13.7. The van der Waals surface area contributed by atoms with E-state index in [1.165, 1.54) is 49.4 Å². The lowest BCUT2D eigenvalue weighted by molar-refractivity contribution is 0.669. The van der Waals surface area contributed by atoms with Crippen molar-refractivity contribution in [3.8, 4) is 44.5 Å². The van der Waals surface area contributed by atoms with Crippen LogP contribution < -0.4 is 0 Å². The van der Waals surface area contributed by atoms with E-state index >= 15 is 0 Å². The normalized spacial score (nSPS) is 12.2. The van der Waals surface area contributed by atoms with E-state index in [4.69, 9.17) is 7.16 Å². The smallest absolute Gasteiger partial charge is 0.136 e. The summed E-state index contributed by atoms with van der Waals surface area (Å²) in [6.45, 7) is 0. The molecule has 1 heteroatoms. The van der Waals surface area contributed by atoms with Crippen LogP contribution in [0.3, 0.4) is 0 Å². The van der Waals surface area contributed by atoms with Gasteiger partial charge in [0.1, 0.15) is 11.2 Å². The molecule has 228 valence electrons. The van der Waals surface area contributed by atoms with Crippen LogP contribution >= 0.6 is 0 Å². The second-order valence-electron chi connectivity index (χ2n) is 12.6. The minimum atomic E-state index is 0.122. The maximum Gasteiger partial charge on any atom is 0.136 e. The van der Waals surface area contributed by atoms with E-state index in [-0.39, 0.29) is 12.1 Å². The van der Waals surface area contributed by atoms with Crippen molar-refractivity contribution < 1.29 is 7.16 Å². The number of hydrogen-bond donors (Lipinski definition) is 0. The Morgan fingerprint density at radius 3 is 1.67 bits per heavy atom. The van der Waals surface area contributed by atoms with Crippen molar-refractivity contribution in [2.24, 2.45) is 0 Å². The Morgan fingerprint density at radius 1 is 0.347 bits per heavy atom. The van der Waals surface area contributed by atoms with Crippen molar-refractivity contribution >= 4 is 54.3 Å². The zero-order valence-corrected chi connectivity index (χ0v) is 26.6. The SMILES string of the molecule is [2H]c1c([2H])c2oc3cc(-c4cccc(-c5c6ccccc6c(-c6ccccc6-c6ccccc6)c6ccccc56)c4)ccc3c2c2ccccc12. The number of hydrogen-bond acceptors (Lipinski definition) is 1. The molecule has 0 radical (unpaired) electrons. The molecule has 49 heavy (non-hydrogen) atoms. The largest absolute Gasteiger partial charge is 0.456 e. The van der Waals surface area contributed by atoms with Gasteiger partial charge in [0.25, 0.3) is 0 Å². The fourth-order valence-electron chi connectivity index (χ4n) is 7.72. The average Bonchev–Trinajstić information content (AvgIpc) is 3.59. The third kappa shape index (κ3) is 4.40. The minimum Gasteiger partial charge on any atom is -0.456 e. The second-order valence-corrected chi connectivity index (χ2v) is 12.6. The molecule has 10 rings (SSSR count). The standard InChI is InChI=1S/C48H30O/c1-2-13-31(14-3-1)36-18-6-7-20-38(36)47-41-23-10-8-21-39(41)46(40-22-9-11-24-42(40)47)35-17-12-16-33(29-35)34-25-27-43-45(30-34)49-44-28-26-32-15-4-5-19-37(32)48(43)44/h1-30H/i26D,28D. The zero-order chi connectivity index (χ0) is 34.1. The molecule has 0 aliphatic heterocycles. The summed E-state index contributed by atoms with van der Waals surface area (Å²) < 4.78 is 23.7. The van der Waals surface area contributed by atoms with Crippen molar-refractivity contribution in [3.05, 3.63) is 182 Å². The topological polar surface area (TPSA) is 13.1 Å². The molecule has 10 aromatic rings. The van der Waals surface area contributed by atoms with Crippen LogP contribution in [0.5, 0.6) is 0 Å². The highest BCUT2D eigenvalue weighted by atomic mass is 16.3. The van der Waals surface area contributed by atoms with Gasteiger partial charge in [-0.25, -0.2) is 0 Å². The van der Waals surface area contributed by atoms with Crippen molar-refractivity contribution in [2.75, 3.05) is 0 Å². The molecule has 0 atom stereocenters. The van der Waals surface area contributed by atoms with E-state index in [2.05, 4.69) is 146 Å². The average molecular weight is 625 g/mol. The molecule has 1 heterocycles. The first-order valence-electron chi connectivity index (χ1n) is 17.7. The minimum absolute atomic E-state index is 0.122. The van der Waals surface area contributed by atoms with Crippen molar-refractivity contribution in [1.82, 2.24) is 0 Å². The summed E-state index contributed by atoms with van der Waals surface area (Å²) in [6.07, 6.45) is 0. The first-order valence-corrected chi connectivity index (χ1v) is 16.7. The van der Waals surface area contributed by atoms with Crippen molar-refractivity contribution in [3.63, 3.8) is 0 Å². The molecule has 9 aromatic carbocycles. The highest BCUT2D eigenvalue weighted by Crippen LogP contribution is 2.46. The van der Waals surface area contributed by atoms with Gasteiger partial charge in [0.2, 0.25) is 0 Å². The lowest BCUT2D eigenvalue weighted by atomic mass is 9.83. The molecular formula is C48H30O. The van der Waals surface area contributed by atoms with Gasteiger partial charge >= 0.3 is 0 Å². The van der Waals surface area contributed by atoms with Gasteiger partial charge in [-0.15, -0.1) is 0 Å². The van der Waals surface area contributed by atoms with Gasteiger partial charge < -0.3 is 4.42 Å². The van der Waals surface area contributed by atoms with Gasteiger partial charge in [0, 0.05) is 10.8 Å². The van der Waals surface area contributed by atoms with Crippen LogP contribution in [-0.2, 0) is 0 Å². The van der Waals surface area contributed by atoms with Gasteiger partial charge in [0.05, 0.1) is 2.74 Å². The predicted molar refractivity (Wildman–Crippen MR) is 208 cm³/mol. The van der Waals surface area contributed by atoms with E-state index in [1.54, 1.807) is 0 Å². The van der Waals surface area contributed by atoms with Crippen molar-refractivity contribution in [2.45, 2.75) is 0 Å². The molecule has 0 bridgehead atoms. The van der Waals surface area contributed by atoms with E-state index in [0.29, 0.717) is 5.58 Å². The molecule has 0 aliphatic rings. The Morgan fingerprint density at radius 2 is 0.918 bits per heavy atom. The van der Waals surface area contributed by atoms with E-state index in [0.717, 1.165) is 43.8 Å². The van der Waals surface area contributed by atoms with Crippen LogP contribution in [0, 0.1) is 0 Å². The molecule has 0 saturated heterocycles. The second kappa shape index (κ2) is 11.1. The fraction of sp³-hybridized carbons (Fsp3) is 0. The van der Waals surface area contributed by atoms with Gasteiger partial charge in [-0.1, -0.05) is 158 Å². The highest BCUT2D eigenvalue weighted by molar-refractivity contribution is 6.23. The monoisotopic (exact) mass is 624 g/mol. The van der Waals surface area contributed by atoms with Crippen LogP contribution in [0.1, 0.15) is 2.74 Å². The molecular weight excluding hydrogens is 593 g/mol. The van der Waals surface area contributed by atoms with E-state index < -0.39 is 0 Å². The first-order chi connectivity index (χ1) is 25.2. The third-order valence-electron chi connectivity index (χ3n) is 9.89. The molecule has 1 aromatic heterocycles. The summed E-state index contributed by atoms with van der Waals surface area (Å²) in [7, 11) is 0. The Hall–Kier alpha value is -6.44. The molecule has 0 N–H and O–H groups in total. The van der Waals surface area contributed by atoms with E-state index in [1.807, 2.05) is 24.3 Å². The quantitative estimate of drug-likeness (QED) is 0.178. The molecule has 0 aliphatic carbocycles. The Bertz CT molecular complexity index is 2940. The fourth-order valence-corrected chi connectivity index (χ4v) is 7.72. The summed E-state index contributed by atoms with van der Waals surface area (Å²) >= 11 is 0. The lowest BCUT2D eigenvalue weighted by Gasteiger charge is -2.20. The molecule has 0 unspecified atom stereocenters. The van der Waals surface area contributed by atoms with Crippen LogP contribution in [0.2, 0.25) is 0 Å². The lowest BCUT2D eigenvalue weighted by Crippen LogP contribution is -1.92. The number of fused-ring (bicyclic) bond motifs is 7. The van der Waals surface area contributed by atoms with E-state index in [9.17, 15) is 0 Å². The van der Waals surface area contributed by atoms with Crippen LogP contribution in [0.15, 0.2) is 186 Å². The highest BCUT2D eigenvalue weighted by Gasteiger charge is 2.19. The van der Waals surface area contributed by atoms with Crippen LogP contribution in [0.4, 0.5) is 0 Å². The maximum absolute atomic E-state index is 8.72. The Labute approximate surface area is 287 Å². The zero-order valence-electron chi connectivity index (χ0n) is 28.6. The van der Waals surface area contributed by atoms with Crippen LogP contribution in [0.25, 0.3) is 98.8 Å².